The van der Waals surface area contributed by atoms with E-state index < -0.39 is 0 Å². The number of halogens is 2. The number of hydrogen-bond acceptors (Lipinski definition) is 4. The molecule has 2 fully saturated rings. The third-order valence-electron chi connectivity index (χ3n) is 4.29. The molecule has 0 spiro atoms. The Hall–Kier alpha value is -0.230. The van der Waals surface area contributed by atoms with Crippen molar-refractivity contribution in [1.29, 1.82) is 0 Å². The maximum absolute atomic E-state index is 11.6. The lowest BCUT2D eigenvalue weighted by atomic mass is 9.95. The summed E-state index contributed by atoms with van der Waals surface area (Å²) in [4.78, 5) is 16.0. The SMILES string of the molecule is CCOC(=O)N1CCC(CN2CCC(N)CC2)CC1.Cl.Cl. The zero-order valence-corrected chi connectivity index (χ0v) is 14.5. The molecule has 0 atom stereocenters. The van der Waals surface area contributed by atoms with E-state index >= 15 is 0 Å². The first-order valence-electron chi connectivity index (χ1n) is 7.58. The predicted octanol–water partition coefficient (Wildman–Crippen LogP) is 2.12. The highest BCUT2D eigenvalue weighted by molar-refractivity contribution is 5.85. The second-order valence-electron chi connectivity index (χ2n) is 5.77. The Labute approximate surface area is 140 Å². The van der Waals surface area contributed by atoms with Crippen LogP contribution in [0.15, 0.2) is 0 Å². The second-order valence-corrected chi connectivity index (χ2v) is 5.77. The summed E-state index contributed by atoms with van der Waals surface area (Å²) in [5, 5.41) is 0. The standard InChI is InChI=1S/C14H27N3O2.2ClH/c1-2-19-14(18)17-9-3-12(4-10-17)11-16-7-5-13(15)6-8-16;;/h12-13H,2-11,15H2,1H3;2*1H. The van der Waals surface area contributed by atoms with Crippen LogP contribution in [0, 0.1) is 5.92 Å². The minimum absolute atomic E-state index is 0. The molecule has 2 heterocycles. The van der Waals surface area contributed by atoms with Crippen molar-refractivity contribution in [3.63, 3.8) is 0 Å². The van der Waals surface area contributed by atoms with Gasteiger partial charge in [-0.15, -0.1) is 24.8 Å². The molecule has 0 radical (unpaired) electrons. The molecular weight excluding hydrogens is 313 g/mol. The Balaban J connectivity index is 0.00000200. The van der Waals surface area contributed by atoms with Gasteiger partial charge in [-0.1, -0.05) is 0 Å². The normalized spacial score (nSPS) is 21.3. The maximum Gasteiger partial charge on any atom is 0.409 e. The monoisotopic (exact) mass is 341 g/mol. The summed E-state index contributed by atoms with van der Waals surface area (Å²) in [5.41, 5.74) is 5.93. The second kappa shape index (κ2) is 10.5. The Kier molecular flexibility index (Phi) is 10.4. The van der Waals surface area contributed by atoms with E-state index in [9.17, 15) is 4.79 Å². The van der Waals surface area contributed by atoms with Crippen LogP contribution >= 0.6 is 24.8 Å². The van der Waals surface area contributed by atoms with E-state index in [1.165, 1.54) is 6.54 Å². The number of carbonyl (C=O) groups excluding carboxylic acids is 1. The first kappa shape index (κ1) is 20.8. The third kappa shape index (κ3) is 6.59. The highest BCUT2D eigenvalue weighted by Crippen LogP contribution is 2.20. The van der Waals surface area contributed by atoms with Gasteiger partial charge in [0.15, 0.2) is 0 Å². The maximum atomic E-state index is 11.6. The molecular formula is C14H29Cl2N3O2. The van der Waals surface area contributed by atoms with Gasteiger partial charge in [0.1, 0.15) is 0 Å². The van der Waals surface area contributed by atoms with Crippen molar-refractivity contribution in [1.82, 2.24) is 9.80 Å². The summed E-state index contributed by atoms with van der Waals surface area (Å²) < 4.78 is 5.04. The molecule has 5 nitrogen and oxygen atoms in total. The molecule has 0 aliphatic carbocycles. The number of amides is 1. The number of nitrogens with zero attached hydrogens (tertiary/aromatic N) is 2. The van der Waals surface area contributed by atoms with Crippen LogP contribution in [0.2, 0.25) is 0 Å². The predicted molar refractivity (Wildman–Crippen MR) is 89.5 cm³/mol. The minimum Gasteiger partial charge on any atom is -0.450 e. The Morgan fingerprint density at radius 1 is 1.10 bits per heavy atom. The molecule has 1 amide bonds. The van der Waals surface area contributed by atoms with Gasteiger partial charge in [0.2, 0.25) is 0 Å². The molecule has 2 saturated heterocycles. The topological polar surface area (TPSA) is 58.8 Å². The fourth-order valence-electron chi connectivity index (χ4n) is 3.01. The van der Waals surface area contributed by atoms with Gasteiger partial charge < -0.3 is 20.3 Å². The highest BCUT2D eigenvalue weighted by atomic mass is 35.5. The number of carbonyl (C=O) groups is 1. The summed E-state index contributed by atoms with van der Waals surface area (Å²) in [6.45, 7) is 7.45. The van der Waals surface area contributed by atoms with E-state index in [0.717, 1.165) is 57.8 Å². The third-order valence-corrected chi connectivity index (χ3v) is 4.29. The first-order valence-corrected chi connectivity index (χ1v) is 7.58. The van der Waals surface area contributed by atoms with Crippen molar-refractivity contribution in [2.45, 2.75) is 38.6 Å². The minimum atomic E-state index is -0.148. The Morgan fingerprint density at radius 2 is 1.67 bits per heavy atom. The summed E-state index contributed by atoms with van der Waals surface area (Å²) in [6.07, 6.45) is 4.30. The van der Waals surface area contributed by atoms with Gasteiger partial charge in [0, 0.05) is 25.7 Å². The molecule has 2 N–H and O–H groups in total. The largest absolute Gasteiger partial charge is 0.450 e. The van der Waals surface area contributed by atoms with E-state index in [4.69, 9.17) is 10.5 Å². The van der Waals surface area contributed by atoms with Crippen LogP contribution in [0.25, 0.3) is 0 Å². The molecule has 0 bridgehead atoms. The lowest BCUT2D eigenvalue weighted by molar-refractivity contribution is 0.0832. The van der Waals surface area contributed by atoms with Crippen molar-refractivity contribution in [2.24, 2.45) is 11.7 Å². The van der Waals surface area contributed by atoms with Crippen molar-refractivity contribution in [3.05, 3.63) is 0 Å². The van der Waals surface area contributed by atoms with Crippen molar-refractivity contribution in [3.8, 4) is 0 Å². The van der Waals surface area contributed by atoms with Crippen molar-refractivity contribution in [2.75, 3.05) is 39.3 Å². The van der Waals surface area contributed by atoms with Crippen LogP contribution in [0.4, 0.5) is 4.79 Å². The number of rotatable bonds is 3. The van der Waals surface area contributed by atoms with Gasteiger partial charge in [0.25, 0.3) is 0 Å². The van der Waals surface area contributed by atoms with Crippen LogP contribution in [0.3, 0.4) is 0 Å². The highest BCUT2D eigenvalue weighted by Gasteiger charge is 2.26. The van der Waals surface area contributed by atoms with E-state index in [2.05, 4.69) is 4.90 Å². The average molecular weight is 342 g/mol. The number of likely N-dealkylation sites (tertiary alicyclic amines) is 2. The molecule has 7 heteroatoms. The molecule has 2 aliphatic rings. The summed E-state index contributed by atoms with van der Waals surface area (Å²) >= 11 is 0. The smallest absolute Gasteiger partial charge is 0.409 e. The fourth-order valence-corrected chi connectivity index (χ4v) is 3.01. The van der Waals surface area contributed by atoms with Gasteiger partial charge in [-0.3, -0.25) is 0 Å². The molecule has 126 valence electrons. The van der Waals surface area contributed by atoms with Crippen LogP contribution in [-0.4, -0.2) is 61.3 Å². The zero-order chi connectivity index (χ0) is 13.7. The van der Waals surface area contributed by atoms with Crippen molar-refractivity contribution >= 4 is 30.9 Å². The molecule has 2 rings (SSSR count). The number of hydrogen-bond donors (Lipinski definition) is 1. The van der Waals surface area contributed by atoms with Crippen LogP contribution in [-0.2, 0) is 4.74 Å². The van der Waals surface area contributed by atoms with E-state index in [1.807, 2.05) is 11.8 Å². The number of piperidine rings is 2. The summed E-state index contributed by atoms with van der Waals surface area (Å²) in [6, 6.07) is 0.405. The molecule has 0 unspecified atom stereocenters. The van der Waals surface area contributed by atoms with Crippen LogP contribution in [0.1, 0.15) is 32.6 Å². The van der Waals surface area contributed by atoms with Gasteiger partial charge in [-0.05, 0) is 51.6 Å². The molecule has 0 aromatic carbocycles. The Bertz CT molecular complexity index is 292. The van der Waals surface area contributed by atoms with Gasteiger partial charge in [-0.25, -0.2) is 4.79 Å². The quantitative estimate of drug-likeness (QED) is 0.854. The Morgan fingerprint density at radius 3 is 2.19 bits per heavy atom. The summed E-state index contributed by atoms with van der Waals surface area (Å²) in [7, 11) is 0. The molecule has 0 aromatic heterocycles. The van der Waals surface area contributed by atoms with E-state index in [1.54, 1.807) is 0 Å². The zero-order valence-electron chi connectivity index (χ0n) is 12.8. The number of nitrogens with two attached hydrogens (primary N) is 1. The molecule has 0 saturated carbocycles. The molecule has 0 aromatic rings. The van der Waals surface area contributed by atoms with Gasteiger partial charge >= 0.3 is 6.09 Å². The van der Waals surface area contributed by atoms with Gasteiger partial charge in [-0.2, -0.15) is 0 Å². The summed E-state index contributed by atoms with van der Waals surface area (Å²) in [5.74, 6) is 0.722. The van der Waals surface area contributed by atoms with Crippen LogP contribution < -0.4 is 5.73 Å². The van der Waals surface area contributed by atoms with Crippen LogP contribution in [0.5, 0.6) is 0 Å². The first-order chi connectivity index (χ1) is 9.19. The average Bonchev–Trinajstić information content (AvgIpc) is 2.42. The van der Waals surface area contributed by atoms with E-state index in [-0.39, 0.29) is 30.9 Å². The fraction of sp³-hybridized carbons (Fsp3) is 0.929. The lowest BCUT2D eigenvalue weighted by Crippen LogP contribution is -2.45. The molecule has 21 heavy (non-hydrogen) atoms. The number of ether oxygens (including phenoxy) is 1. The lowest BCUT2D eigenvalue weighted by Gasteiger charge is -2.36. The van der Waals surface area contributed by atoms with Gasteiger partial charge in [0.05, 0.1) is 6.61 Å². The van der Waals surface area contributed by atoms with E-state index in [0.29, 0.717) is 12.6 Å². The molecule has 2 aliphatic heterocycles. The van der Waals surface area contributed by atoms with Crippen molar-refractivity contribution < 1.29 is 9.53 Å².